The maximum absolute atomic E-state index is 10.9. The lowest BCUT2D eigenvalue weighted by Gasteiger charge is -2.05. The Morgan fingerprint density at radius 3 is 2.15 bits per heavy atom. The summed E-state index contributed by atoms with van der Waals surface area (Å²) in [6, 6.07) is 15.1. The lowest BCUT2D eigenvalue weighted by molar-refractivity contribution is -0.137. The minimum atomic E-state index is -0.397. The van der Waals surface area contributed by atoms with Gasteiger partial charge in [0.15, 0.2) is 0 Å². The molecule has 0 bridgehead atoms. The molecule has 0 radical (unpaired) electrons. The highest BCUT2D eigenvalue weighted by Gasteiger charge is 2.00. The van der Waals surface area contributed by atoms with E-state index in [1.807, 2.05) is 36.4 Å². The van der Waals surface area contributed by atoms with Gasteiger partial charge in [-0.05, 0) is 28.8 Å². The fourth-order valence-corrected chi connectivity index (χ4v) is 1.85. The molecule has 2 rings (SSSR count). The Kier molecular flexibility index (Phi) is 4.56. The molecule has 0 atom stereocenters. The van der Waals surface area contributed by atoms with Crippen molar-refractivity contribution in [3.05, 3.63) is 66.7 Å². The van der Waals surface area contributed by atoms with Gasteiger partial charge in [0.2, 0.25) is 0 Å². The van der Waals surface area contributed by atoms with E-state index in [-0.39, 0.29) is 5.75 Å². The molecular weight excluding hydrogens is 252 g/mol. The van der Waals surface area contributed by atoms with Crippen LogP contribution >= 0.6 is 0 Å². The molecule has 0 saturated heterocycles. The Morgan fingerprint density at radius 2 is 1.60 bits per heavy atom. The van der Waals surface area contributed by atoms with Crippen molar-refractivity contribution in [2.75, 3.05) is 6.61 Å². The Morgan fingerprint density at radius 1 is 1.05 bits per heavy atom. The summed E-state index contributed by atoms with van der Waals surface area (Å²) >= 11 is 0. The number of hydrogen-bond donors (Lipinski definition) is 1. The van der Waals surface area contributed by atoms with Crippen LogP contribution in [0.5, 0.6) is 5.75 Å². The molecule has 2 aromatic rings. The zero-order chi connectivity index (χ0) is 14.4. The minimum absolute atomic E-state index is 0.259. The second kappa shape index (κ2) is 6.57. The standard InChI is InChI=1S/C17H16O3/c1-2-17(19)20-12-11-13-3-5-14(6-4-13)15-7-9-16(18)10-8-15/h2-10,18H,1,11-12H2. The maximum atomic E-state index is 10.9. The van der Waals surface area contributed by atoms with E-state index < -0.39 is 5.97 Å². The van der Waals surface area contributed by atoms with Gasteiger partial charge in [-0.2, -0.15) is 0 Å². The Bertz CT molecular complexity index is 583. The Balaban J connectivity index is 1.97. The first-order valence-corrected chi connectivity index (χ1v) is 6.36. The highest BCUT2D eigenvalue weighted by Crippen LogP contribution is 2.22. The van der Waals surface area contributed by atoms with Crippen LogP contribution in [0, 0.1) is 0 Å². The van der Waals surface area contributed by atoms with E-state index in [4.69, 9.17) is 4.74 Å². The second-order valence-electron chi connectivity index (χ2n) is 4.37. The molecule has 0 aromatic heterocycles. The predicted octanol–water partition coefficient (Wildman–Crippen LogP) is 3.33. The molecular formula is C17H16O3. The first kappa shape index (κ1) is 13.9. The molecule has 20 heavy (non-hydrogen) atoms. The highest BCUT2D eigenvalue weighted by atomic mass is 16.5. The van der Waals surface area contributed by atoms with Gasteiger partial charge >= 0.3 is 5.97 Å². The van der Waals surface area contributed by atoms with Gasteiger partial charge in [0, 0.05) is 12.5 Å². The van der Waals surface area contributed by atoms with Gasteiger partial charge in [-0.25, -0.2) is 4.79 Å². The molecule has 0 aliphatic rings. The van der Waals surface area contributed by atoms with Crippen LogP contribution in [0.3, 0.4) is 0 Å². The predicted molar refractivity (Wildman–Crippen MR) is 78.4 cm³/mol. The second-order valence-corrected chi connectivity index (χ2v) is 4.37. The molecule has 0 spiro atoms. The summed E-state index contributed by atoms with van der Waals surface area (Å²) in [6.07, 6.45) is 1.84. The van der Waals surface area contributed by atoms with Gasteiger partial charge in [-0.3, -0.25) is 0 Å². The molecule has 0 aliphatic carbocycles. The van der Waals surface area contributed by atoms with E-state index in [0.717, 1.165) is 22.8 Å². The van der Waals surface area contributed by atoms with Crippen molar-refractivity contribution in [1.82, 2.24) is 0 Å². The van der Waals surface area contributed by atoms with Gasteiger partial charge in [-0.1, -0.05) is 43.0 Å². The van der Waals surface area contributed by atoms with Crippen LogP contribution in [0.25, 0.3) is 11.1 Å². The van der Waals surface area contributed by atoms with E-state index >= 15 is 0 Å². The van der Waals surface area contributed by atoms with Crippen LogP contribution in [0.1, 0.15) is 5.56 Å². The zero-order valence-electron chi connectivity index (χ0n) is 11.1. The summed E-state index contributed by atoms with van der Waals surface area (Å²) < 4.78 is 4.94. The summed E-state index contributed by atoms with van der Waals surface area (Å²) in [5, 5.41) is 9.26. The molecule has 0 heterocycles. The van der Waals surface area contributed by atoms with Crippen molar-refractivity contribution in [3.63, 3.8) is 0 Å². The van der Waals surface area contributed by atoms with Crippen LogP contribution in [0.15, 0.2) is 61.2 Å². The largest absolute Gasteiger partial charge is 0.508 e. The van der Waals surface area contributed by atoms with Gasteiger partial charge in [0.25, 0.3) is 0 Å². The van der Waals surface area contributed by atoms with Gasteiger partial charge in [0.1, 0.15) is 5.75 Å². The van der Waals surface area contributed by atoms with Crippen LogP contribution in [0.4, 0.5) is 0 Å². The van der Waals surface area contributed by atoms with Crippen LogP contribution in [0.2, 0.25) is 0 Å². The highest BCUT2D eigenvalue weighted by molar-refractivity contribution is 5.81. The molecule has 0 amide bonds. The lowest BCUT2D eigenvalue weighted by atomic mass is 10.0. The summed E-state index contributed by atoms with van der Waals surface area (Å²) in [5.74, 6) is -0.139. The molecule has 3 heteroatoms. The van der Waals surface area contributed by atoms with Crippen molar-refractivity contribution >= 4 is 5.97 Å². The summed E-state index contributed by atoms with van der Waals surface area (Å²) in [6.45, 7) is 3.70. The molecule has 0 unspecified atom stereocenters. The number of hydrogen-bond acceptors (Lipinski definition) is 3. The molecule has 0 aliphatic heterocycles. The SMILES string of the molecule is C=CC(=O)OCCc1ccc(-c2ccc(O)cc2)cc1. The molecule has 102 valence electrons. The number of phenols is 1. The van der Waals surface area contributed by atoms with Crippen LogP contribution in [-0.2, 0) is 16.0 Å². The number of aromatic hydroxyl groups is 1. The third kappa shape index (κ3) is 3.72. The molecule has 1 N–H and O–H groups in total. The molecule has 3 nitrogen and oxygen atoms in total. The van der Waals surface area contributed by atoms with E-state index in [1.165, 1.54) is 0 Å². The topological polar surface area (TPSA) is 46.5 Å². The van der Waals surface area contributed by atoms with Crippen molar-refractivity contribution in [3.8, 4) is 16.9 Å². The third-order valence-corrected chi connectivity index (χ3v) is 2.96. The van der Waals surface area contributed by atoms with E-state index in [1.54, 1.807) is 12.1 Å². The first-order valence-electron chi connectivity index (χ1n) is 6.36. The number of carbonyl (C=O) groups is 1. The number of esters is 1. The zero-order valence-corrected chi connectivity index (χ0v) is 11.1. The van der Waals surface area contributed by atoms with Crippen molar-refractivity contribution in [1.29, 1.82) is 0 Å². The number of rotatable bonds is 5. The Hall–Kier alpha value is -2.55. The van der Waals surface area contributed by atoms with Crippen LogP contribution < -0.4 is 0 Å². The minimum Gasteiger partial charge on any atom is -0.508 e. The van der Waals surface area contributed by atoms with E-state index in [9.17, 15) is 9.90 Å². The third-order valence-electron chi connectivity index (χ3n) is 2.96. The van der Waals surface area contributed by atoms with Crippen molar-refractivity contribution in [2.45, 2.75) is 6.42 Å². The van der Waals surface area contributed by atoms with E-state index in [0.29, 0.717) is 13.0 Å². The van der Waals surface area contributed by atoms with Crippen LogP contribution in [-0.4, -0.2) is 17.7 Å². The first-order chi connectivity index (χ1) is 9.69. The summed E-state index contributed by atoms with van der Waals surface area (Å²) in [4.78, 5) is 10.9. The normalized spacial score (nSPS) is 10.0. The molecule has 0 saturated carbocycles. The monoisotopic (exact) mass is 268 g/mol. The lowest BCUT2D eigenvalue weighted by Crippen LogP contribution is -2.04. The van der Waals surface area contributed by atoms with Gasteiger partial charge in [0.05, 0.1) is 6.61 Å². The molecule has 2 aromatic carbocycles. The average molecular weight is 268 g/mol. The average Bonchev–Trinajstić information content (AvgIpc) is 2.48. The quantitative estimate of drug-likeness (QED) is 0.668. The van der Waals surface area contributed by atoms with E-state index in [2.05, 4.69) is 6.58 Å². The van der Waals surface area contributed by atoms with Gasteiger partial charge < -0.3 is 9.84 Å². The number of ether oxygens (including phenoxy) is 1. The van der Waals surface area contributed by atoms with Crippen molar-refractivity contribution < 1.29 is 14.6 Å². The Labute approximate surface area is 118 Å². The fourth-order valence-electron chi connectivity index (χ4n) is 1.85. The summed E-state index contributed by atoms with van der Waals surface area (Å²) in [7, 11) is 0. The summed E-state index contributed by atoms with van der Waals surface area (Å²) in [5.41, 5.74) is 3.23. The van der Waals surface area contributed by atoms with Crippen molar-refractivity contribution in [2.24, 2.45) is 0 Å². The number of benzene rings is 2. The number of phenolic OH excluding ortho intramolecular Hbond substituents is 1. The van der Waals surface area contributed by atoms with Gasteiger partial charge in [-0.15, -0.1) is 0 Å². The smallest absolute Gasteiger partial charge is 0.330 e. The fraction of sp³-hybridized carbons (Fsp3) is 0.118. The maximum Gasteiger partial charge on any atom is 0.330 e. The number of carbonyl (C=O) groups excluding carboxylic acids is 1. The molecule has 0 fully saturated rings.